The molecule has 2 N–H and O–H groups in total. The van der Waals surface area contributed by atoms with Gasteiger partial charge in [-0.25, -0.2) is 4.39 Å². The summed E-state index contributed by atoms with van der Waals surface area (Å²) in [7, 11) is 0. The topological polar surface area (TPSA) is 44.5 Å². The molecule has 5 heteroatoms. The fourth-order valence-electron chi connectivity index (χ4n) is 1.85. The number of halogens is 2. The Morgan fingerprint density at radius 1 is 1.47 bits per heavy atom. The third-order valence-electron chi connectivity index (χ3n) is 2.72. The smallest absolute Gasteiger partial charge is 0.156 e. The van der Waals surface area contributed by atoms with Crippen molar-refractivity contribution in [2.75, 3.05) is 18.9 Å². The normalized spacial score (nSPS) is 20.2. The van der Waals surface area contributed by atoms with Crippen LogP contribution < -0.4 is 10.5 Å². The summed E-state index contributed by atoms with van der Waals surface area (Å²) in [5.41, 5.74) is 6.00. The van der Waals surface area contributed by atoms with Crippen LogP contribution in [0, 0.1) is 5.82 Å². The largest absolute Gasteiger partial charge is 0.488 e. The monoisotopic (exact) mass is 303 g/mol. The summed E-state index contributed by atoms with van der Waals surface area (Å²) < 4.78 is 24.7. The molecular formula is C12H15BrFNO2. The lowest BCUT2D eigenvalue weighted by atomic mass is 10.1. The van der Waals surface area contributed by atoms with E-state index in [0.717, 1.165) is 25.9 Å². The first-order valence-corrected chi connectivity index (χ1v) is 6.45. The highest BCUT2D eigenvalue weighted by atomic mass is 79.9. The van der Waals surface area contributed by atoms with Gasteiger partial charge in [0.25, 0.3) is 0 Å². The Morgan fingerprint density at radius 2 is 2.29 bits per heavy atom. The van der Waals surface area contributed by atoms with Crippen LogP contribution in [0.15, 0.2) is 16.6 Å². The molecule has 1 aromatic rings. The molecule has 0 amide bonds. The first kappa shape index (κ1) is 12.6. The lowest BCUT2D eigenvalue weighted by molar-refractivity contribution is -0.0110. The molecule has 17 heavy (non-hydrogen) atoms. The van der Waals surface area contributed by atoms with Crippen LogP contribution >= 0.6 is 15.9 Å². The van der Waals surface area contributed by atoms with Crippen molar-refractivity contribution in [1.29, 1.82) is 0 Å². The van der Waals surface area contributed by atoms with Gasteiger partial charge in [0, 0.05) is 12.7 Å². The Kier molecular flexibility index (Phi) is 4.23. The van der Waals surface area contributed by atoms with Crippen molar-refractivity contribution in [2.45, 2.75) is 25.4 Å². The van der Waals surface area contributed by atoms with Gasteiger partial charge in [0.05, 0.1) is 16.3 Å². The van der Waals surface area contributed by atoms with Gasteiger partial charge in [0.2, 0.25) is 0 Å². The summed E-state index contributed by atoms with van der Waals surface area (Å²) >= 11 is 3.24. The molecule has 1 atom stereocenters. The zero-order valence-electron chi connectivity index (χ0n) is 9.42. The average molecular weight is 304 g/mol. The van der Waals surface area contributed by atoms with Gasteiger partial charge in [0.15, 0.2) is 5.75 Å². The lowest BCUT2D eigenvalue weighted by Gasteiger charge is -2.23. The number of hydrogen-bond donors (Lipinski definition) is 1. The molecule has 1 aromatic carbocycles. The standard InChI is InChI=1S/C12H15BrFNO2/c13-10-5-8(14)6-11(15)12(10)17-7-9-3-1-2-4-16-9/h5-6,9H,1-4,7,15H2. The van der Waals surface area contributed by atoms with Gasteiger partial charge in [-0.3, -0.25) is 0 Å². The van der Waals surface area contributed by atoms with Gasteiger partial charge >= 0.3 is 0 Å². The highest BCUT2D eigenvalue weighted by Gasteiger charge is 2.16. The molecule has 94 valence electrons. The summed E-state index contributed by atoms with van der Waals surface area (Å²) in [5, 5.41) is 0. The highest BCUT2D eigenvalue weighted by molar-refractivity contribution is 9.10. The minimum Gasteiger partial charge on any atom is -0.488 e. The Balaban J connectivity index is 1.98. The number of nitrogen functional groups attached to an aromatic ring is 1. The Morgan fingerprint density at radius 3 is 2.94 bits per heavy atom. The lowest BCUT2D eigenvalue weighted by Crippen LogP contribution is -2.26. The summed E-state index contributed by atoms with van der Waals surface area (Å²) in [4.78, 5) is 0. The van der Waals surface area contributed by atoms with E-state index in [-0.39, 0.29) is 11.9 Å². The molecule has 0 bridgehead atoms. The molecule has 0 aromatic heterocycles. The number of benzene rings is 1. The predicted octanol–water partition coefficient (Wildman–Crippen LogP) is 3.12. The van der Waals surface area contributed by atoms with Gasteiger partial charge in [0.1, 0.15) is 12.4 Å². The van der Waals surface area contributed by atoms with Crippen LogP contribution in [0.1, 0.15) is 19.3 Å². The van der Waals surface area contributed by atoms with E-state index in [1.807, 2.05) is 0 Å². The molecular weight excluding hydrogens is 289 g/mol. The Labute approximate surface area is 108 Å². The summed E-state index contributed by atoms with van der Waals surface area (Å²) in [6, 6.07) is 2.59. The van der Waals surface area contributed by atoms with E-state index in [1.54, 1.807) is 0 Å². The van der Waals surface area contributed by atoms with Crippen molar-refractivity contribution in [1.82, 2.24) is 0 Å². The fourth-order valence-corrected chi connectivity index (χ4v) is 2.41. The average Bonchev–Trinajstić information content (AvgIpc) is 2.29. The molecule has 0 saturated carbocycles. The molecule has 0 spiro atoms. The molecule has 1 unspecified atom stereocenters. The molecule has 1 heterocycles. The number of rotatable bonds is 3. The quantitative estimate of drug-likeness (QED) is 0.873. The second-order valence-corrected chi connectivity index (χ2v) is 4.96. The zero-order valence-corrected chi connectivity index (χ0v) is 11.0. The number of anilines is 1. The van der Waals surface area contributed by atoms with Gasteiger partial charge in [-0.05, 0) is 41.3 Å². The third kappa shape index (κ3) is 3.33. The van der Waals surface area contributed by atoms with E-state index in [4.69, 9.17) is 15.2 Å². The Bertz CT molecular complexity index is 371. The SMILES string of the molecule is Nc1cc(F)cc(Br)c1OCC1CCCCO1. The maximum Gasteiger partial charge on any atom is 0.156 e. The van der Waals surface area contributed by atoms with E-state index < -0.39 is 0 Å². The van der Waals surface area contributed by atoms with E-state index >= 15 is 0 Å². The van der Waals surface area contributed by atoms with Gasteiger partial charge in [-0.15, -0.1) is 0 Å². The van der Waals surface area contributed by atoms with Crippen molar-refractivity contribution < 1.29 is 13.9 Å². The molecule has 0 radical (unpaired) electrons. The first-order valence-electron chi connectivity index (χ1n) is 5.66. The van der Waals surface area contributed by atoms with Crippen LogP contribution in [0.2, 0.25) is 0 Å². The molecule has 1 aliphatic heterocycles. The number of nitrogens with two attached hydrogens (primary N) is 1. The minimum absolute atomic E-state index is 0.111. The van der Waals surface area contributed by atoms with E-state index in [9.17, 15) is 4.39 Å². The first-order chi connectivity index (χ1) is 8.16. The van der Waals surface area contributed by atoms with Crippen molar-refractivity contribution in [3.05, 3.63) is 22.4 Å². The van der Waals surface area contributed by atoms with Crippen LogP contribution in [0.25, 0.3) is 0 Å². The molecule has 1 fully saturated rings. The second kappa shape index (κ2) is 5.69. The van der Waals surface area contributed by atoms with Crippen LogP contribution in [-0.2, 0) is 4.74 Å². The molecule has 1 saturated heterocycles. The highest BCUT2D eigenvalue weighted by Crippen LogP contribution is 2.32. The fraction of sp³-hybridized carbons (Fsp3) is 0.500. The van der Waals surface area contributed by atoms with Crippen molar-refractivity contribution >= 4 is 21.6 Å². The van der Waals surface area contributed by atoms with E-state index in [1.165, 1.54) is 12.1 Å². The van der Waals surface area contributed by atoms with Crippen molar-refractivity contribution in [3.63, 3.8) is 0 Å². The second-order valence-electron chi connectivity index (χ2n) is 4.11. The van der Waals surface area contributed by atoms with E-state index in [2.05, 4.69) is 15.9 Å². The van der Waals surface area contributed by atoms with Crippen LogP contribution in [0.4, 0.5) is 10.1 Å². The minimum atomic E-state index is -0.379. The summed E-state index contributed by atoms with van der Waals surface area (Å²) in [6.45, 7) is 1.24. The number of hydrogen-bond acceptors (Lipinski definition) is 3. The predicted molar refractivity (Wildman–Crippen MR) is 67.6 cm³/mol. The van der Waals surface area contributed by atoms with E-state index in [0.29, 0.717) is 22.5 Å². The van der Waals surface area contributed by atoms with Crippen molar-refractivity contribution in [2.24, 2.45) is 0 Å². The molecule has 3 nitrogen and oxygen atoms in total. The molecule has 2 rings (SSSR count). The molecule has 0 aliphatic carbocycles. The maximum atomic E-state index is 13.0. The summed E-state index contributed by atoms with van der Waals surface area (Å²) in [6.07, 6.45) is 3.38. The maximum absolute atomic E-state index is 13.0. The molecule has 1 aliphatic rings. The van der Waals surface area contributed by atoms with Crippen LogP contribution in [0.5, 0.6) is 5.75 Å². The zero-order chi connectivity index (χ0) is 12.3. The van der Waals surface area contributed by atoms with Crippen molar-refractivity contribution in [3.8, 4) is 5.75 Å². The van der Waals surface area contributed by atoms with Crippen LogP contribution in [-0.4, -0.2) is 19.3 Å². The summed E-state index contributed by atoms with van der Waals surface area (Å²) in [5.74, 6) is 0.108. The van der Waals surface area contributed by atoms with Gasteiger partial charge in [-0.2, -0.15) is 0 Å². The third-order valence-corrected chi connectivity index (χ3v) is 3.31. The van der Waals surface area contributed by atoms with Crippen LogP contribution in [0.3, 0.4) is 0 Å². The van der Waals surface area contributed by atoms with Gasteiger partial charge < -0.3 is 15.2 Å². The Hall–Kier alpha value is -0.810. The van der Waals surface area contributed by atoms with Gasteiger partial charge in [-0.1, -0.05) is 0 Å². The number of ether oxygens (including phenoxy) is 2.